The van der Waals surface area contributed by atoms with Crippen molar-refractivity contribution in [1.82, 2.24) is 4.98 Å². The van der Waals surface area contributed by atoms with E-state index < -0.39 is 18.8 Å². The van der Waals surface area contributed by atoms with Gasteiger partial charge in [-0.2, -0.15) is 18.4 Å². The van der Waals surface area contributed by atoms with Gasteiger partial charge in [-0.3, -0.25) is 0 Å². The Kier molecular flexibility index (Phi) is 3.75. The number of aromatic nitrogens is 1. The third-order valence-corrected chi connectivity index (χ3v) is 1.87. The van der Waals surface area contributed by atoms with Gasteiger partial charge in [-0.1, -0.05) is 0 Å². The van der Waals surface area contributed by atoms with Crippen LogP contribution in [0.3, 0.4) is 0 Å². The number of aliphatic hydroxyl groups is 1. The maximum Gasteiger partial charge on any atom is 0.416 e. The molecule has 0 radical (unpaired) electrons. The van der Waals surface area contributed by atoms with Gasteiger partial charge in [0.2, 0.25) is 0 Å². The summed E-state index contributed by atoms with van der Waals surface area (Å²) in [7, 11) is 0. The number of anilines is 2. The highest BCUT2D eigenvalue weighted by atomic mass is 19.4. The van der Waals surface area contributed by atoms with Gasteiger partial charge in [0.25, 0.3) is 0 Å². The summed E-state index contributed by atoms with van der Waals surface area (Å²) in [6.07, 6.45) is -6.04. The molecule has 0 fully saturated rings. The first kappa shape index (κ1) is 13.1. The van der Waals surface area contributed by atoms with Gasteiger partial charge in [0, 0.05) is 0 Å². The van der Waals surface area contributed by atoms with Gasteiger partial charge in [-0.25, -0.2) is 4.98 Å². The van der Waals surface area contributed by atoms with E-state index in [2.05, 4.69) is 10.3 Å². The molecule has 1 rings (SSSR count). The average Bonchev–Trinajstić information content (AvgIpc) is 2.25. The Morgan fingerprint density at radius 3 is 2.76 bits per heavy atom. The van der Waals surface area contributed by atoms with E-state index in [4.69, 9.17) is 16.1 Å². The fraction of sp³-hybridized carbons (Fsp3) is 0.333. The second-order valence-corrected chi connectivity index (χ2v) is 3.21. The highest BCUT2D eigenvalue weighted by Crippen LogP contribution is 2.21. The minimum atomic E-state index is -4.71. The molecular weight excluding hydrogens is 237 g/mol. The van der Waals surface area contributed by atoms with Crippen molar-refractivity contribution in [2.75, 3.05) is 17.6 Å². The molecule has 0 aliphatic carbocycles. The molecule has 0 saturated heterocycles. The molecule has 0 amide bonds. The van der Waals surface area contributed by atoms with Crippen molar-refractivity contribution < 1.29 is 18.3 Å². The molecule has 0 bridgehead atoms. The third kappa shape index (κ3) is 3.49. The van der Waals surface area contributed by atoms with Crippen LogP contribution in [0.1, 0.15) is 5.56 Å². The Balaban J connectivity index is 2.74. The van der Waals surface area contributed by atoms with Gasteiger partial charge in [0.05, 0.1) is 24.0 Å². The van der Waals surface area contributed by atoms with Crippen LogP contribution in [0.15, 0.2) is 12.3 Å². The van der Waals surface area contributed by atoms with Crippen LogP contribution < -0.4 is 11.1 Å². The highest BCUT2D eigenvalue weighted by Gasteiger charge is 2.37. The van der Waals surface area contributed by atoms with Gasteiger partial charge in [-0.15, -0.1) is 0 Å². The standard InChI is InChI=1S/C9H9F3N4O/c10-9(11,12)7(17)4-16-8-5(2-13)1-6(14)3-15-8/h1,3,7,17H,4,14H2,(H,15,16). The minimum Gasteiger partial charge on any atom is -0.397 e. The molecule has 0 aliphatic heterocycles. The Morgan fingerprint density at radius 2 is 2.24 bits per heavy atom. The first-order valence-electron chi connectivity index (χ1n) is 4.49. The normalized spacial score (nSPS) is 12.9. The lowest BCUT2D eigenvalue weighted by atomic mass is 10.2. The van der Waals surface area contributed by atoms with Crippen LogP contribution in [0.4, 0.5) is 24.7 Å². The molecule has 5 nitrogen and oxygen atoms in total. The Labute approximate surface area is 94.7 Å². The second kappa shape index (κ2) is 4.88. The molecule has 1 unspecified atom stereocenters. The fourth-order valence-electron chi connectivity index (χ4n) is 1.02. The van der Waals surface area contributed by atoms with Crippen molar-refractivity contribution in [2.24, 2.45) is 0 Å². The van der Waals surface area contributed by atoms with Crippen molar-refractivity contribution in [3.8, 4) is 6.07 Å². The Morgan fingerprint density at radius 1 is 1.59 bits per heavy atom. The number of hydrogen-bond donors (Lipinski definition) is 3. The van der Waals surface area contributed by atoms with Crippen molar-refractivity contribution in [3.05, 3.63) is 17.8 Å². The number of nitriles is 1. The zero-order chi connectivity index (χ0) is 13.1. The summed E-state index contributed by atoms with van der Waals surface area (Å²) in [5.74, 6) is -0.0509. The number of rotatable bonds is 3. The summed E-state index contributed by atoms with van der Waals surface area (Å²) in [4.78, 5) is 3.67. The highest BCUT2D eigenvalue weighted by molar-refractivity contribution is 5.57. The van der Waals surface area contributed by atoms with Crippen LogP contribution in [0.2, 0.25) is 0 Å². The van der Waals surface area contributed by atoms with Gasteiger partial charge in [-0.05, 0) is 6.07 Å². The number of aliphatic hydroxyl groups excluding tert-OH is 1. The largest absolute Gasteiger partial charge is 0.416 e. The number of alkyl halides is 3. The number of nitrogens with one attached hydrogen (secondary N) is 1. The average molecular weight is 246 g/mol. The molecule has 1 aromatic heterocycles. The van der Waals surface area contributed by atoms with E-state index in [0.29, 0.717) is 0 Å². The van der Waals surface area contributed by atoms with Crippen LogP contribution >= 0.6 is 0 Å². The quantitative estimate of drug-likeness (QED) is 0.735. The lowest BCUT2D eigenvalue weighted by molar-refractivity contribution is -0.198. The maximum atomic E-state index is 12.0. The smallest absolute Gasteiger partial charge is 0.397 e. The minimum absolute atomic E-state index is 0.0133. The van der Waals surface area contributed by atoms with Gasteiger partial charge >= 0.3 is 6.18 Å². The van der Waals surface area contributed by atoms with Crippen molar-refractivity contribution in [3.63, 3.8) is 0 Å². The van der Waals surface area contributed by atoms with Gasteiger partial charge in [0.15, 0.2) is 6.10 Å². The summed E-state index contributed by atoms with van der Waals surface area (Å²) in [6, 6.07) is 3.00. The first-order valence-corrected chi connectivity index (χ1v) is 4.49. The molecule has 0 spiro atoms. The second-order valence-electron chi connectivity index (χ2n) is 3.21. The molecule has 1 aromatic rings. The van der Waals surface area contributed by atoms with Crippen molar-refractivity contribution in [1.29, 1.82) is 5.26 Å². The van der Waals surface area contributed by atoms with Crippen LogP contribution in [-0.4, -0.2) is 28.9 Å². The first-order chi connectivity index (χ1) is 7.84. The van der Waals surface area contributed by atoms with Crippen molar-refractivity contribution in [2.45, 2.75) is 12.3 Å². The van der Waals surface area contributed by atoms with E-state index in [9.17, 15) is 13.2 Å². The lowest BCUT2D eigenvalue weighted by Crippen LogP contribution is -2.35. The predicted octanol–water partition coefficient (Wildman–Crippen LogP) is 0.871. The molecule has 0 aromatic carbocycles. The van der Waals surface area contributed by atoms with Crippen LogP contribution in [0, 0.1) is 11.3 Å². The number of hydrogen-bond acceptors (Lipinski definition) is 5. The Bertz CT molecular complexity index is 441. The topological polar surface area (TPSA) is 95.0 Å². The number of nitrogens with zero attached hydrogens (tertiary/aromatic N) is 2. The summed E-state index contributed by atoms with van der Waals surface area (Å²) in [5.41, 5.74) is 5.60. The third-order valence-electron chi connectivity index (χ3n) is 1.87. The lowest BCUT2D eigenvalue weighted by Gasteiger charge is -2.15. The van der Waals surface area contributed by atoms with E-state index in [0.717, 1.165) is 0 Å². The molecule has 0 saturated carbocycles. The number of nitrogens with two attached hydrogens (primary N) is 1. The van der Waals surface area contributed by atoms with Gasteiger partial charge < -0.3 is 16.2 Å². The zero-order valence-electron chi connectivity index (χ0n) is 8.49. The molecule has 8 heteroatoms. The SMILES string of the molecule is N#Cc1cc(N)cnc1NCC(O)C(F)(F)F. The van der Waals surface area contributed by atoms with Crippen LogP contribution in [0.5, 0.6) is 0 Å². The predicted molar refractivity (Wildman–Crippen MR) is 53.9 cm³/mol. The van der Waals surface area contributed by atoms with Crippen LogP contribution in [-0.2, 0) is 0 Å². The fourth-order valence-corrected chi connectivity index (χ4v) is 1.02. The zero-order valence-corrected chi connectivity index (χ0v) is 8.49. The molecular formula is C9H9F3N4O. The maximum absolute atomic E-state index is 12.0. The van der Waals surface area contributed by atoms with Crippen LogP contribution in [0.25, 0.3) is 0 Å². The van der Waals surface area contributed by atoms with Gasteiger partial charge in [0.1, 0.15) is 11.9 Å². The van der Waals surface area contributed by atoms with E-state index in [1.165, 1.54) is 12.3 Å². The summed E-state index contributed by atoms with van der Waals surface area (Å²) < 4.78 is 36.0. The summed E-state index contributed by atoms with van der Waals surface area (Å²) in [5, 5.41) is 19.7. The number of pyridine rings is 1. The van der Waals surface area contributed by atoms with E-state index >= 15 is 0 Å². The molecule has 17 heavy (non-hydrogen) atoms. The molecule has 0 aliphatic rings. The van der Waals surface area contributed by atoms with Crippen molar-refractivity contribution >= 4 is 11.5 Å². The van der Waals surface area contributed by atoms with E-state index in [-0.39, 0.29) is 17.1 Å². The molecule has 4 N–H and O–H groups in total. The molecule has 1 heterocycles. The number of halogens is 3. The summed E-state index contributed by atoms with van der Waals surface area (Å²) >= 11 is 0. The summed E-state index contributed by atoms with van der Waals surface area (Å²) in [6.45, 7) is -0.783. The number of nitrogen functional groups attached to an aromatic ring is 1. The Hall–Kier alpha value is -2.01. The molecule has 92 valence electrons. The monoisotopic (exact) mass is 246 g/mol. The van der Waals surface area contributed by atoms with E-state index in [1.807, 2.05) is 0 Å². The van der Waals surface area contributed by atoms with E-state index in [1.54, 1.807) is 6.07 Å². The molecule has 1 atom stereocenters.